The van der Waals surface area contributed by atoms with Crippen LogP contribution < -0.4 is 5.32 Å². The molecule has 0 saturated carbocycles. The number of nitrogens with one attached hydrogen (secondary N) is 1. The molecule has 0 bridgehead atoms. The van der Waals surface area contributed by atoms with Gasteiger partial charge in [-0.2, -0.15) is 0 Å². The van der Waals surface area contributed by atoms with Gasteiger partial charge in [0.2, 0.25) is 0 Å². The Labute approximate surface area is 61.4 Å². The Morgan fingerprint density at radius 1 is 1.60 bits per heavy atom. The third kappa shape index (κ3) is 1.48. The maximum atomic E-state index is 8.83. The standard InChI is InChI=1S/C7H15NO2/c1-5-6(4-9)8-7(2,3)10-5/h5-6,8-9H,4H2,1-3H3. The molecule has 1 aliphatic rings. The van der Waals surface area contributed by atoms with E-state index in [0.29, 0.717) is 0 Å². The van der Waals surface area contributed by atoms with Gasteiger partial charge < -0.3 is 9.84 Å². The van der Waals surface area contributed by atoms with Crippen LogP contribution in [0.25, 0.3) is 0 Å². The lowest BCUT2D eigenvalue weighted by molar-refractivity contribution is -0.0180. The van der Waals surface area contributed by atoms with Crippen LogP contribution >= 0.6 is 0 Å². The molecule has 0 spiro atoms. The molecule has 2 N–H and O–H groups in total. The van der Waals surface area contributed by atoms with Crippen molar-refractivity contribution in [2.24, 2.45) is 0 Å². The van der Waals surface area contributed by atoms with Gasteiger partial charge in [-0.25, -0.2) is 0 Å². The van der Waals surface area contributed by atoms with Crippen molar-refractivity contribution < 1.29 is 9.84 Å². The van der Waals surface area contributed by atoms with E-state index in [1.807, 2.05) is 20.8 Å². The molecule has 1 heterocycles. The molecule has 1 saturated heterocycles. The summed E-state index contributed by atoms with van der Waals surface area (Å²) >= 11 is 0. The van der Waals surface area contributed by atoms with E-state index in [9.17, 15) is 0 Å². The molecule has 0 aromatic carbocycles. The number of aliphatic hydroxyl groups excluding tert-OH is 1. The van der Waals surface area contributed by atoms with Crippen LogP contribution in [0, 0.1) is 0 Å². The van der Waals surface area contributed by atoms with Gasteiger partial charge in [0.1, 0.15) is 5.72 Å². The number of hydrogen-bond donors (Lipinski definition) is 2. The number of hydrogen-bond acceptors (Lipinski definition) is 3. The molecule has 0 radical (unpaired) electrons. The maximum absolute atomic E-state index is 8.83. The zero-order chi connectivity index (χ0) is 7.78. The fraction of sp³-hybridized carbons (Fsp3) is 1.00. The lowest BCUT2D eigenvalue weighted by Gasteiger charge is -2.17. The molecular formula is C7H15NO2. The maximum Gasteiger partial charge on any atom is 0.114 e. The summed E-state index contributed by atoms with van der Waals surface area (Å²) in [4.78, 5) is 0. The van der Waals surface area contributed by atoms with Crippen molar-refractivity contribution in [3.05, 3.63) is 0 Å². The Bertz CT molecular complexity index is 125. The number of ether oxygens (including phenoxy) is 1. The molecule has 10 heavy (non-hydrogen) atoms. The number of rotatable bonds is 1. The van der Waals surface area contributed by atoms with Gasteiger partial charge in [-0.1, -0.05) is 0 Å². The van der Waals surface area contributed by atoms with Gasteiger partial charge in [-0.3, -0.25) is 5.32 Å². The van der Waals surface area contributed by atoms with Crippen molar-refractivity contribution in [1.82, 2.24) is 5.32 Å². The summed E-state index contributed by atoms with van der Waals surface area (Å²) in [6.07, 6.45) is 0.111. The fourth-order valence-corrected chi connectivity index (χ4v) is 1.34. The van der Waals surface area contributed by atoms with Crippen LogP contribution in [0.1, 0.15) is 20.8 Å². The molecule has 0 aliphatic carbocycles. The van der Waals surface area contributed by atoms with Crippen LogP contribution in [0.15, 0.2) is 0 Å². The first-order chi connectivity index (χ1) is 4.55. The third-order valence-electron chi connectivity index (χ3n) is 1.78. The molecule has 60 valence electrons. The highest BCUT2D eigenvalue weighted by molar-refractivity contribution is 4.86. The largest absolute Gasteiger partial charge is 0.395 e. The topological polar surface area (TPSA) is 41.5 Å². The van der Waals surface area contributed by atoms with Crippen LogP contribution in [0.3, 0.4) is 0 Å². The second kappa shape index (κ2) is 2.49. The summed E-state index contributed by atoms with van der Waals surface area (Å²) in [6.45, 7) is 6.02. The molecule has 2 atom stereocenters. The van der Waals surface area contributed by atoms with Gasteiger partial charge in [0.25, 0.3) is 0 Å². The number of aliphatic hydroxyl groups is 1. The lowest BCUT2D eigenvalue weighted by atomic mass is 10.2. The Morgan fingerprint density at radius 2 is 2.20 bits per heavy atom. The van der Waals surface area contributed by atoms with Crippen LogP contribution in [0.5, 0.6) is 0 Å². The fourth-order valence-electron chi connectivity index (χ4n) is 1.34. The van der Waals surface area contributed by atoms with Crippen LogP contribution in [-0.4, -0.2) is 29.6 Å². The van der Waals surface area contributed by atoms with E-state index in [-0.39, 0.29) is 24.5 Å². The van der Waals surface area contributed by atoms with Gasteiger partial charge in [-0.05, 0) is 20.8 Å². The Morgan fingerprint density at radius 3 is 2.40 bits per heavy atom. The summed E-state index contributed by atoms with van der Waals surface area (Å²) in [5, 5.41) is 12.0. The van der Waals surface area contributed by atoms with E-state index in [2.05, 4.69) is 5.32 Å². The summed E-state index contributed by atoms with van der Waals surface area (Å²) in [5.74, 6) is 0. The summed E-state index contributed by atoms with van der Waals surface area (Å²) in [7, 11) is 0. The summed E-state index contributed by atoms with van der Waals surface area (Å²) in [5.41, 5.74) is -0.271. The SMILES string of the molecule is CC1OC(C)(C)NC1CO. The summed E-state index contributed by atoms with van der Waals surface area (Å²) in [6, 6.07) is 0.0926. The molecular weight excluding hydrogens is 130 g/mol. The zero-order valence-electron chi connectivity index (χ0n) is 6.72. The predicted octanol–water partition coefficient (Wildman–Crippen LogP) is 0.0917. The first kappa shape index (κ1) is 7.98. The summed E-state index contributed by atoms with van der Waals surface area (Å²) < 4.78 is 5.48. The normalized spacial score (nSPS) is 38.4. The Balaban J connectivity index is 2.52. The minimum absolute atomic E-state index is 0.0926. The second-order valence-corrected chi connectivity index (χ2v) is 3.27. The smallest absolute Gasteiger partial charge is 0.114 e. The van der Waals surface area contributed by atoms with Crippen molar-refractivity contribution in [3.8, 4) is 0 Å². The van der Waals surface area contributed by atoms with E-state index >= 15 is 0 Å². The lowest BCUT2D eigenvalue weighted by Crippen LogP contribution is -2.40. The Hall–Kier alpha value is -0.120. The molecule has 1 rings (SSSR count). The van der Waals surface area contributed by atoms with Crippen molar-refractivity contribution in [3.63, 3.8) is 0 Å². The second-order valence-electron chi connectivity index (χ2n) is 3.27. The van der Waals surface area contributed by atoms with Gasteiger partial charge in [0.15, 0.2) is 0 Å². The molecule has 0 amide bonds. The third-order valence-corrected chi connectivity index (χ3v) is 1.78. The van der Waals surface area contributed by atoms with Gasteiger partial charge in [0.05, 0.1) is 18.8 Å². The van der Waals surface area contributed by atoms with Gasteiger partial charge in [-0.15, -0.1) is 0 Å². The average Bonchev–Trinajstić information content (AvgIpc) is 2.05. The zero-order valence-corrected chi connectivity index (χ0v) is 6.72. The molecule has 1 aliphatic heterocycles. The van der Waals surface area contributed by atoms with Crippen LogP contribution in [-0.2, 0) is 4.74 Å². The minimum Gasteiger partial charge on any atom is -0.395 e. The van der Waals surface area contributed by atoms with Crippen LogP contribution in [0.4, 0.5) is 0 Å². The monoisotopic (exact) mass is 145 g/mol. The first-order valence-corrected chi connectivity index (χ1v) is 3.61. The van der Waals surface area contributed by atoms with Crippen LogP contribution in [0.2, 0.25) is 0 Å². The van der Waals surface area contributed by atoms with Gasteiger partial charge >= 0.3 is 0 Å². The minimum atomic E-state index is -0.271. The van der Waals surface area contributed by atoms with Crippen molar-refractivity contribution in [1.29, 1.82) is 0 Å². The highest BCUT2D eigenvalue weighted by Crippen LogP contribution is 2.19. The molecule has 3 heteroatoms. The van der Waals surface area contributed by atoms with E-state index in [1.54, 1.807) is 0 Å². The highest BCUT2D eigenvalue weighted by atomic mass is 16.5. The molecule has 0 aromatic rings. The van der Waals surface area contributed by atoms with Crippen molar-refractivity contribution in [2.75, 3.05) is 6.61 Å². The molecule has 1 fully saturated rings. The molecule has 0 aromatic heterocycles. The predicted molar refractivity (Wildman–Crippen MR) is 38.6 cm³/mol. The van der Waals surface area contributed by atoms with Crippen molar-refractivity contribution in [2.45, 2.75) is 38.6 Å². The Kier molecular flexibility index (Phi) is 1.99. The first-order valence-electron chi connectivity index (χ1n) is 3.61. The highest BCUT2D eigenvalue weighted by Gasteiger charge is 2.35. The van der Waals surface area contributed by atoms with E-state index < -0.39 is 0 Å². The average molecular weight is 145 g/mol. The molecule has 3 nitrogen and oxygen atoms in total. The van der Waals surface area contributed by atoms with E-state index in [0.717, 1.165) is 0 Å². The van der Waals surface area contributed by atoms with E-state index in [1.165, 1.54) is 0 Å². The molecule has 2 unspecified atom stereocenters. The quantitative estimate of drug-likeness (QED) is 0.549. The van der Waals surface area contributed by atoms with Gasteiger partial charge in [0, 0.05) is 0 Å². The van der Waals surface area contributed by atoms with E-state index in [4.69, 9.17) is 9.84 Å². The van der Waals surface area contributed by atoms with Crippen molar-refractivity contribution >= 4 is 0 Å².